The summed E-state index contributed by atoms with van der Waals surface area (Å²) in [5, 5.41) is 0.268. The summed E-state index contributed by atoms with van der Waals surface area (Å²) in [6.45, 7) is 4.49. The lowest BCUT2D eigenvalue weighted by Gasteiger charge is -2.15. The highest BCUT2D eigenvalue weighted by molar-refractivity contribution is 6.30. The Morgan fingerprint density at radius 2 is 2.25 bits per heavy atom. The zero-order valence-corrected chi connectivity index (χ0v) is 9.84. The van der Waals surface area contributed by atoms with Crippen LogP contribution in [0.5, 0.6) is 0 Å². The van der Waals surface area contributed by atoms with Crippen molar-refractivity contribution < 1.29 is 4.39 Å². The summed E-state index contributed by atoms with van der Waals surface area (Å²) in [5.41, 5.74) is 1.60. The molecule has 2 unspecified atom stereocenters. The van der Waals surface area contributed by atoms with Gasteiger partial charge in [0.2, 0.25) is 0 Å². The minimum atomic E-state index is -0.307. The summed E-state index contributed by atoms with van der Waals surface area (Å²) in [6, 6.07) is 6.09. The van der Waals surface area contributed by atoms with Crippen molar-refractivity contribution in [3.63, 3.8) is 0 Å². The third kappa shape index (κ3) is 0.844. The molecule has 1 aromatic rings. The quantitative estimate of drug-likeness (QED) is 0.765. The Morgan fingerprint density at radius 3 is 2.81 bits per heavy atom. The Labute approximate surface area is 99.2 Å². The zero-order chi connectivity index (χ0) is 11.1. The number of hydrogen-bond acceptors (Lipinski definition) is 1. The number of rotatable bonds is 2. The molecule has 0 N–H and O–H groups in total. The maximum atomic E-state index is 13.1. The molecule has 4 fully saturated rings. The van der Waals surface area contributed by atoms with Crippen LogP contribution < -0.4 is 0 Å². The molecule has 0 aromatic heterocycles. The maximum absolute atomic E-state index is 13.1. The second kappa shape index (κ2) is 2.62. The number of fused-ring (bicyclic) bond motifs is 1. The maximum Gasteiger partial charge on any atom is 0.141 e. The van der Waals surface area contributed by atoms with Crippen LogP contribution in [0.25, 0.3) is 0 Å². The molecular formula is C13H13ClFN. The molecule has 0 radical (unpaired) electrons. The summed E-state index contributed by atoms with van der Waals surface area (Å²) in [6.07, 6.45) is 0. The van der Waals surface area contributed by atoms with Gasteiger partial charge in [-0.05, 0) is 36.1 Å². The standard InChI is InChI=1S/C13H13ClFN/c1-2-16-6-13(10-11(13)12(10)16)7-3-4-9(15)8(14)5-7/h3-5,10-12H,2,6H2,1H3. The molecule has 2 bridgehead atoms. The van der Waals surface area contributed by atoms with Gasteiger partial charge < -0.3 is 0 Å². The predicted molar refractivity (Wildman–Crippen MR) is 61.1 cm³/mol. The van der Waals surface area contributed by atoms with E-state index in [2.05, 4.69) is 11.8 Å². The van der Waals surface area contributed by atoms with Gasteiger partial charge >= 0.3 is 0 Å². The second-order valence-electron chi connectivity index (χ2n) is 5.27. The zero-order valence-electron chi connectivity index (χ0n) is 9.08. The first-order valence-corrected chi connectivity index (χ1v) is 6.27. The van der Waals surface area contributed by atoms with Crippen molar-refractivity contribution in [2.45, 2.75) is 18.4 Å². The van der Waals surface area contributed by atoms with E-state index in [9.17, 15) is 4.39 Å². The smallest absolute Gasteiger partial charge is 0.141 e. The summed E-state index contributed by atoms with van der Waals surface area (Å²) in [4.78, 5) is 2.55. The molecule has 3 heteroatoms. The van der Waals surface area contributed by atoms with Crippen molar-refractivity contribution in [1.82, 2.24) is 4.90 Å². The van der Waals surface area contributed by atoms with Gasteiger partial charge in [-0.15, -0.1) is 0 Å². The van der Waals surface area contributed by atoms with Gasteiger partial charge in [0, 0.05) is 18.0 Å². The van der Waals surface area contributed by atoms with Crippen LogP contribution in [0.3, 0.4) is 0 Å². The fourth-order valence-electron chi connectivity index (χ4n) is 3.98. The van der Waals surface area contributed by atoms with Crippen LogP contribution in [-0.2, 0) is 5.41 Å². The normalized spacial score (nSPS) is 43.3. The first-order chi connectivity index (χ1) is 7.70. The highest BCUT2D eigenvalue weighted by Crippen LogP contribution is 2.83. The second-order valence-corrected chi connectivity index (χ2v) is 5.68. The molecule has 2 saturated carbocycles. The molecule has 16 heavy (non-hydrogen) atoms. The van der Waals surface area contributed by atoms with E-state index in [1.54, 1.807) is 0 Å². The minimum absolute atomic E-state index is 0.268. The monoisotopic (exact) mass is 237 g/mol. The third-order valence-corrected chi connectivity index (χ3v) is 5.10. The third-order valence-electron chi connectivity index (χ3n) is 4.81. The number of piperidine rings is 1. The Kier molecular flexibility index (Phi) is 1.55. The molecule has 2 saturated heterocycles. The van der Waals surface area contributed by atoms with Crippen molar-refractivity contribution in [1.29, 1.82) is 0 Å². The van der Waals surface area contributed by atoms with Crippen LogP contribution in [0.2, 0.25) is 5.02 Å². The highest BCUT2D eigenvalue weighted by atomic mass is 35.5. The van der Waals surface area contributed by atoms with Gasteiger partial charge in [-0.2, -0.15) is 0 Å². The van der Waals surface area contributed by atoms with E-state index in [1.807, 2.05) is 12.1 Å². The lowest BCUT2D eigenvalue weighted by atomic mass is 9.88. The highest BCUT2D eigenvalue weighted by Gasteiger charge is 2.89. The van der Waals surface area contributed by atoms with E-state index in [0.717, 1.165) is 31.0 Å². The Bertz CT molecular complexity index is 477. The number of nitrogens with zero attached hydrogens (tertiary/aromatic N) is 1. The Balaban J connectivity index is 1.71. The summed E-state index contributed by atoms with van der Waals surface area (Å²) >= 11 is 5.86. The van der Waals surface area contributed by atoms with Crippen LogP contribution >= 0.6 is 11.6 Å². The van der Waals surface area contributed by atoms with Crippen molar-refractivity contribution >= 4 is 11.6 Å². The molecule has 1 nitrogen and oxygen atoms in total. The average Bonchev–Trinajstić information content (AvgIpc) is 3.10. The van der Waals surface area contributed by atoms with Gasteiger partial charge in [0.05, 0.1) is 5.02 Å². The number of halogens is 2. The van der Waals surface area contributed by atoms with E-state index in [4.69, 9.17) is 11.6 Å². The Morgan fingerprint density at radius 1 is 1.50 bits per heavy atom. The van der Waals surface area contributed by atoms with Crippen LogP contribution in [-0.4, -0.2) is 24.0 Å². The SMILES string of the molecule is CCN1CC2(c3ccc(F)c(Cl)c3)C3C1C32. The number of benzene rings is 1. The molecular weight excluding hydrogens is 225 g/mol. The van der Waals surface area contributed by atoms with Gasteiger partial charge in [0.25, 0.3) is 0 Å². The van der Waals surface area contributed by atoms with Crippen molar-refractivity contribution in [3.8, 4) is 0 Å². The summed E-state index contributed by atoms with van der Waals surface area (Å²) in [5.74, 6) is 1.38. The molecule has 2 heterocycles. The van der Waals surface area contributed by atoms with Gasteiger partial charge in [-0.1, -0.05) is 24.6 Å². The first-order valence-electron chi connectivity index (χ1n) is 5.89. The first kappa shape index (κ1) is 9.43. The van der Waals surface area contributed by atoms with E-state index >= 15 is 0 Å². The van der Waals surface area contributed by atoms with Crippen LogP contribution in [0, 0.1) is 17.7 Å². The fourth-order valence-corrected chi connectivity index (χ4v) is 4.16. The number of hydrogen-bond donors (Lipinski definition) is 0. The largest absolute Gasteiger partial charge is 0.299 e. The van der Waals surface area contributed by atoms with Crippen LogP contribution in [0.1, 0.15) is 12.5 Å². The van der Waals surface area contributed by atoms with Gasteiger partial charge in [0.15, 0.2) is 0 Å². The average molecular weight is 238 g/mol. The van der Waals surface area contributed by atoms with Crippen LogP contribution in [0.4, 0.5) is 4.39 Å². The molecule has 5 rings (SSSR count). The van der Waals surface area contributed by atoms with Gasteiger partial charge in [-0.25, -0.2) is 4.39 Å². The van der Waals surface area contributed by atoms with E-state index in [1.165, 1.54) is 11.6 Å². The Hall–Kier alpha value is -0.600. The molecule has 2 aliphatic heterocycles. The van der Waals surface area contributed by atoms with Crippen molar-refractivity contribution in [3.05, 3.63) is 34.6 Å². The van der Waals surface area contributed by atoms with Gasteiger partial charge in [0.1, 0.15) is 5.82 Å². The molecule has 0 spiro atoms. The topological polar surface area (TPSA) is 3.24 Å². The van der Waals surface area contributed by atoms with E-state index in [0.29, 0.717) is 5.41 Å². The lowest BCUT2D eigenvalue weighted by Crippen LogP contribution is -2.20. The van der Waals surface area contributed by atoms with E-state index < -0.39 is 0 Å². The molecule has 1 aromatic carbocycles. The summed E-state index contributed by atoms with van der Waals surface area (Å²) < 4.78 is 13.1. The van der Waals surface area contributed by atoms with Crippen molar-refractivity contribution in [2.24, 2.45) is 11.8 Å². The predicted octanol–water partition coefficient (Wildman–Crippen LogP) is 2.68. The molecule has 4 aliphatic rings. The molecule has 2 aliphatic carbocycles. The summed E-state index contributed by atoms with van der Waals surface area (Å²) in [7, 11) is 0. The van der Waals surface area contributed by atoms with Crippen LogP contribution in [0.15, 0.2) is 18.2 Å². The molecule has 0 amide bonds. The van der Waals surface area contributed by atoms with Crippen molar-refractivity contribution in [2.75, 3.05) is 13.1 Å². The molecule has 2 atom stereocenters. The van der Waals surface area contributed by atoms with Gasteiger partial charge in [-0.3, -0.25) is 4.90 Å². The lowest BCUT2D eigenvalue weighted by molar-refractivity contribution is 0.338. The fraction of sp³-hybridized carbons (Fsp3) is 0.538. The van der Waals surface area contributed by atoms with E-state index in [-0.39, 0.29) is 10.8 Å². The minimum Gasteiger partial charge on any atom is -0.299 e. The number of likely N-dealkylation sites (N-methyl/N-ethyl adjacent to an activating group) is 1. The molecule has 84 valence electrons.